The van der Waals surface area contributed by atoms with Crippen molar-refractivity contribution in [1.29, 1.82) is 5.26 Å². The van der Waals surface area contributed by atoms with E-state index >= 15 is 0 Å². The standard InChI is InChI=1S/C19H18N4O3S/c1-24-14-6-7-16(17(11-14)25-2)18-21-19(23-22-18)27-9-8-26-15-5-3-4-13(10-15)12-20/h3-7,10-11H,8-9H2,1-2H3,(H,21,22,23). The fraction of sp³-hybridized carbons (Fsp3) is 0.211. The number of thioether (sulfide) groups is 1. The molecule has 3 rings (SSSR count). The smallest absolute Gasteiger partial charge is 0.208 e. The highest BCUT2D eigenvalue weighted by molar-refractivity contribution is 7.99. The number of nitrogens with zero attached hydrogens (tertiary/aromatic N) is 3. The van der Waals surface area contributed by atoms with Crippen LogP contribution < -0.4 is 14.2 Å². The van der Waals surface area contributed by atoms with Gasteiger partial charge in [0.25, 0.3) is 0 Å². The predicted molar refractivity (Wildman–Crippen MR) is 102 cm³/mol. The van der Waals surface area contributed by atoms with Crippen LogP contribution in [0.4, 0.5) is 0 Å². The molecule has 0 radical (unpaired) electrons. The van der Waals surface area contributed by atoms with E-state index in [4.69, 9.17) is 19.5 Å². The number of nitriles is 1. The highest BCUT2D eigenvalue weighted by Crippen LogP contribution is 2.32. The van der Waals surface area contributed by atoms with Crippen LogP contribution >= 0.6 is 11.8 Å². The van der Waals surface area contributed by atoms with Crippen LogP contribution in [0.2, 0.25) is 0 Å². The van der Waals surface area contributed by atoms with Crippen LogP contribution in [0.3, 0.4) is 0 Å². The third-order valence-electron chi connectivity index (χ3n) is 3.68. The number of hydrogen-bond acceptors (Lipinski definition) is 7. The van der Waals surface area contributed by atoms with Crippen LogP contribution in [0.5, 0.6) is 17.2 Å². The van der Waals surface area contributed by atoms with Gasteiger partial charge < -0.3 is 14.2 Å². The van der Waals surface area contributed by atoms with Gasteiger partial charge in [0.2, 0.25) is 5.16 Å². The van der Waals surface area contributed by atoms with Crippen molar-refractivity contribution in [3.8, 4) is 34.7 Å². The largest absolute Gasteiger partial charge is 0.497 e. The van der Waals surface area contributed by atoms with Crippen LogP contribution in [-0.4, -0.2) is 41.8 Å². The minimum atomic E-state index is 0.481. The normalized spacial score (nSPS) is 10.3. The fourth-order valence-corrected chi connectivity index (χ4v) is 2.99. The molecule has 0 bridgehead atoms. The summed E-state index contributed by atoms with van der Waals surface area (Å²) in [5.41, 5.74) is 1.38. The van der Waals surface area contributed by atoms with Gasteiger partial charge in [-0.1, -0.05) is 17.8 Å². The number of H-pyrrole nitrogens is 1. The Morgan fingerprint density at radius 2 is 2.00 bits per heavy atom. The van der Waals surface area contributed by atoms with Crippen molar-refractivity contribution in [3.63, 3.8) is 0 Å². The summed E-state index contributed by atoms with van der Waals surface area (Å²) < 4.78 is 16.3. The molecule has 0 aliphatic carbocycles. The Bertz CT molecular complexity index is 952. The molecule has 138 valence electrons. The first-order valence-corrected chi connectivity index (χ1v) is 9.12. The van der Waals surface area contributed by atoms with Gasteiger partial charge in [-0.15, -0.1) is 5.10 Å². The van der Waals surface area contributed by atoms with Crippen molar-refractivity contribution < 1.29 is 14.2 Å². The second-order valence-corrected chi connectivity index (χ2v) is 6.43. The van der Waals surface area contributed by atoms with Gasteiger partial charge in [-0.25, -0.2) is 4.98 Å². The Kier molecular flexibility index (Phi) is 6.18. The topological polar surface area (TPSA) is 93.0 Å². The third kappa shape index (κ3) is 4.71. The molecule has 7 nitrogen and oxygen atoms in total. The molecule has 27 heavy (non-hydrogen) atoms. The maximum Gasteiger partial charge on any atom is 0.208 e. The van der Waals surface area contributed by atoms with E-state index in [0.29, 0.717) is 46.2 Å². The molecule has 0 saturated carbocycles. The number of ether oxygens (including phenoxy) is 3. The lowest BCUT2D eigenvalue weighted by atomic mass is 10.2. The van der Waals surface area contributed by atoms with E-state index in [-0.39, 0.29) is 0 Å². The first-order chi connectivity index (χ1) is 13.2. The number of hydrogen-bond donors (Lipinski definition) is 1. The molecule has 0 atom stereocenters. The second-order valence-electron chi connectivity index (χ2n) is 5.37. The zero-order valence-corrected chi connectivity index (χ0v) is 15.7. The lowest BCUT2D eigenvalue weighted by Gasteiger charge is -2.07. The zero-order valence-electron chi connectivity index (χ0n) is 14.9. The van der Waals surface area contributed by atoms with Crippen LogP contribution in [-0.2, 0) is 0 Å². The molecule has 0 spiro atoms. The molecule has 1 aromatic heterocycles. The van der Waals surface area contributed by atoms with E-state index in [9.17, 15) is 0 Å². The average Bonchev–Trinajstić information content (AvgIpc) is 3.19. The molecular formula is C19H18N4O3S. The van der Waals surface area contributed by atoms with E-state index in [0.717, 1.165) is 5.56 Å². The molecule has 0 aliphatic rings. The summed E-state index contributed by atoms with van der Waals surface area (Å²) in [7, 11) is 3.21. The summed E-state index contributed by atoms with van der Waals surface area (Å²) in [6.07, 6.45) is 0. The molecule has 2 aromatic carbocycles. The van der Waals surface area contributed by atoms with Gasteiger partial charge in [0.05, 0.1) is 38.0 Å². The summed E-state index contributed by atoms with van der Waals surface area (Å²) in [6, 6.07) is 14.7. The fourth-order valence-electron chi connectivity index (χ4n) is 2.37. The Morgan fingerprint density at radius 3 is 2.78 bits per heavy atom. The summed E-state index contributed by atoms with van der Waals surface area (Å²) in [5.74, 6) is 3.34. The maximum absolute atomic E-state index is 8.90. The van der Waals surface area contributed by atoms with Gasteiger partial charge >= 0.3 is 0 Å². The Balaban J connectivity index is 1.57. The second kappa shape index (κ2) is 8.96. The maximum atomic E-state index is 8.90. The van der Waals surface area contributed by atoms with Crippen molar-refractivity contribution in [2.45, 2.75) is 5.16 Å². The van der Waals surface area contributed by atoms with Crippen LogP contribution in [0.1, 0.15) is 5.56 Å². The first-order valence-electron chi connectivity index (χ1n) is 8.14. The molecule has 0 fully saturated rings. The number of benzene rings is 2. The molecule has 0 amide bonds. The van der Waals surface area contributed by atoms with E-state index in [1.165, 1.54) is 11.8 Å². The lowest BCUT2D eigenvalue weighted by molar-refractivity contribution is 0.344. The first kappa shape index (κ1) is 18.6. The minimum Gasteiger partial charge on any atom is -0.497 e. The Morgan fingerprint density at radius 1 is 1.11 bits per heavy atom. The highest BCUT2D eigenvalue weighted by atomic mass is 32.2. The Labute approximate surface area is 161 Å². The van der Waals surface area contributed by atoms with Gasteiger partial charge in [-0.05, 0) is 30.3 Å². The summed E-state index contributed by atoms with van der Waals surface area (Å²) in [5, 5.41) is 16.7. The van der Waals surface area contributed by atoms with Crippen molar-refractivity contribution in [1.82, 2.24) is 15.2 Å². The molecule has 1 N–H and O–H groups in total. The molecule has 0 unspecified atom stereocenters. The van der Waals surface area contributed by atoms with E-state index in [1.54, 1.807) is 38.5 Å². The van der Waals surface area contributed by atoms with Crippen LogP contribution in [0.15, 0.2) is 47.6 Å². The van der Waals surface area contributed by atoms with Gasteiger partial charge in [0.15, 0.2) is 5.82 Å². The van der Waals surface area contributed by atoms with Crippen LogP contribution in [0, 0.1) is 11.3 Å². The monoisotopic (exact) mass is 382 g/mol. The zero-order chi connectivity index (χ0) is 19.1. The summed E-state index contributed by atoms with van der Waals surface area (Å²) >= 11 is 1.48. The van der Waals surface area contributed by atoms with Crippen LogP contribution in [0.25, 0.3) is 11.4 Å². The number of nitrogens with one attached hydrogen (secondary N) is 1. The number of aromatic amines is 1. The SMILES string of the molecule is COc1ccc(-c2nc(SCCOc3cccc(C#N)c3)n[nH]2)c(OC)c1. The van der Waals surface area contributed by atoms with Crippen molar-refractivity contribution in [2.24, 2.45) is 0 Å². The van der Waals surface area contributed by atoms with Crippen molar-refractivity contribution in [2.75, 3.05) is 26.6 Å². The van der Waals surface area contributed by atoms with E-state index in [2.05, 4.69) is 21.3 Å². The number of aromatic nitrogens is 3. The molecule has 3 aromatic rings. The summed E-state index contributed by atoms with van der Waals surface area (Å²) in [4.78, 5) is 4.49. The highest BCUT2D eigenvalue weighted by Gasteiger charge is 2.12. The molecule has 0 aliphatic heterocycles. The molecule has 0 saturated heterocycles. The molecule has 8 heteroatoms. The lowest BCUT2D eigenvalue weighted by Crippen LogP contribution is -2.00. The average molecular weight is 382 g/mol. The molecule has 1 heterocycles. The third-order valence-corrected chi connectivity index (χ3v) is 4.49. The predicted octanol–water partition coefficient (Wildman–Crippen LogP) is 3.53. The molecular weight excluding hydrogens is 364 g/mol. The van der Waals surface area contributed by atoms with E-state index < -0.39 is 0 Å². The summed E-state index contributed by atoms with van der Waals surface area (Å²) in [6.45, 7) is 0.481. The van der Waals surface area contributed by atoms with E-state index in [1.807, 2.05) is 18.2 Å². The number of methoxy groups -OCH3 is 2. The van der Waals surface area contributed by atoms with Gasteiger partial charge in [0.1, 0.15) is 17.2 Å². The number of rotatable bonds is 8. The van der Waals surface area contributed by atoms with Gasteiger partial charge in [-0.2, -0.15) is 5.26 Å². The van der Waals surface area contributed by atoms with Crippen molar-refractivity contribution >= 4 is 11.8 Å². The van der Waals surface area contributed by atoms with Gasteiger partial charge in [0, 0.05) is 11.8 Å². The van der Waals surface area contributed by atoms with Crippen molar-refractivity contribution in [3.05, 3.63) is 48.0 Å². The van der Waals surface area contributed by atoms with Gasteiger partial charge in [-0.3, -0.25) is 5.10 Å². The minimum absolute atomic E-state index is 0.481. The quantitative estimate of drug-likeness (QED) is 0.470. The Hall–Kier alpha value is -3.18.